The molecule has 0 radical (unpaired) electrons. The Hall–Kier alpha value is -2.01. The van der Waals surface area contributed by atoms with Crippen molar-refractivity contribution in [3.05, 3.63) is 41.7 Å². The lowest BCUT2D eigenvalue weighted by Gasteiger charge is -2.12. The predicted molar refractivity (Wildman–Crippen MR) is 78.2 cm³/mol. The molecule has 108 valence electrons. The van der Waals surface area contributed by atoms with Gasteiger partial charge in [0.05, 0.1) is 19.9 Å². The van der Waals surface area contributed by atoms with Gasteiger partial charge in [-0.15, -0.1) is 0 Å². The van der Waals surface area contributed by atoms with Gasteiger partial charge in [0, 0.05) is 37.8 Å². The molecule has 0 bridgehead atoms. The second-order valence-corrected chi connectivity index (χ2v) is 4.62. The van der Waals surface area contributed by atoms with Crippen LogP contribution in [0.15, 0.2) is 30.6 Å². The fraction of sp³-hybridized carbons (Fsp3) is 0.400. The number of aryl methyl sites for hydroxylation is 1. The van der Waals surface area contributed by atoms with Crippen molar-refractivity contribution in [3.8, 4) is 11.5 Å². The van der Waals surface area contributed by atoms with Gasteiger partial charge in [-0.05, 0) is 18.7 Å². The summed E-state index contributed by atoms with van der Waals surface area (Å²) in [5.74, 6) is 1.67. The maximum Gasteiger partial charge on any atom is 0.127 e. The minimum absolute atomic E-state index is 0.621. The second-order valence-electron chi connectivity index (χ2n) is 4.62. The zero-order valence-electron chi connectivity index (χ0n) is 12.2. The molecule has 0 unspecified atom stereocenters. The Bertz CT molecular complexity index is 552. The lowest BCUT2D eigenvalue weighted by atomic mass is 10.2. The molecule has 1 aromatic carbocycles. The van der Waals surface area contributed by atoms with E-state index in [-0.39, 0.29) is 0 Å². The number of ether oxygens (including phenoxy) is 2. The van der Waals surface area contributed by atoms with Crippen LogP contribution in [-0.4, -0.2) is 30.5 Å². The number of rotatable bonds is 7. The molecular weight excluding hydrogens is 254 g/mol. The average molecular weight is 275 g/mol. The maximum atomic E-state index is 5.89. The van der Waals surface area contributed by atoms with Crippen molar-refractivity contribution in [1.29, 1.82) is 0 Å². The molecular formula is C15H21N3O2. The molecule has 5 heteroatoms. The van der Waals surface area contributed by atoms with Gasteiger partial charge in [-0.1, -0.05) is 6.07 Å². The van der Waals surface area contributed by atoms with E-state index in [2.05, 4.69) is 10.4 Å². The Morgan fingerprint density at radius 1 is 1.35 bits per heavy atom. The first-order valence-corrected chi connectivity index (χ1v) is 6.64. The van der Waals surface area contributed by atoms with Crippen molar-refractivity contribution in [1.82, 2.24) is 15.1 Å². The molecule has 0 fully saturated rings. The van der Waals surface area contributed by atoms with Crippen LogP contribution < -0.4 is 14.8 Å². The molecule has 1 N–H and O–H groups in total. The summed E-state index contributed by atoms with van der Waals surface area (Å²) in [6, 6.07) is 5.89. The van der Waals surface area contributed by atoms with Gasteiger partial charge in [-0.25, -0.2) is 0 Å². The summed E-state index contributed by atoms with van der Waals surface area (Å²) in [4.78, 5) is 0. The standard InChI is InChI=1S/C15H21N3O2/c1-16-10-13-4-5-14(19-3)8-15(13)20-7-6-12-9-17-18(2)11-12/h4-5,8-9,11,16H,6-7,10H2,1-3H3. The maximum absolute atomic E-state index is 5.89. The monoisotopic (exact) mass is 275 g/mol. The Balaban J connectivity index is 1.99. The SMILES string of the molecule is CNCc1ccc(OC)cc1OCCc1cnn(C)c1. The van der Waals surface area contributed by atoms with Gasteiger partial charge >= 0.3 is 0 Å². The molecule has 0 spiro atoms. The predicted octanol–water partition coefficient (Wildman–Crippen LogP) is 1.77. The van der Waals surface area contributed by atoms with Gasteiger partial charge in [0.2, 0.25) is 0 Å². The molecule has 2 rings (SSSR count). The van der Waals surface area contributed by atoms with E-state index in [4.69, 9.17) is 9.47 Å². The number of nitrogens with one attached hydrogen (secondary N) is 1. The molecule has 0 atom stereocenters. The number of benzene rings is 1. The fourth-order valence-electron chi connectivity index (χ4n) is 2.01. The number of methoxy groups -OCH3 is 1. The summed E-state index contributed by atoms with van der Waals surface area (Å²) in [6.07, 6.45) is 4.71. The summed E-state index contributed by atoms with van der Waals surface area (Å²) in [6.45, 7) is 1.39. The van der Waals surface area contributed by atoms with E-state index in [0.29, 0.717) is 6.61 Å². The van der Waals surface area contributed by atoms with E-state index in [1.54, 1.807) is 11.8 Å². The van der Waals surface area contributed by atoms with Crippen LogP contribution in [0, 0.1) is 0 Å². The van der Waals surface area contributed by atoms with Crippen LogP contribution in [0.2, 0.25) is 0 Å². The van der Waals surface area contributed by atoms with Crippen molar-refractivity contribution in [2.75, 3.05) is 20.8 Å². The Morgan fingerprint density at radius 2 is 2.20 bits per heavy atom. The third-order valence-corrected chi connectivity index (χ3v) is 3.05. The summed E-state index contributed by atoms with van der Waals surface area (Å²) in [5, 5.41) is 7.29. The lowest BCUT2D eigenvalue weighted by Crippen LogP contribution is -2.09. The molecule has 0 aliphatic heterocycles. The molecule has 0 aliphatic carbocycles. The van der Waals surface area contributed by atoms with E-state index < -0.39 is 0 Å². The molecule has 20 heavy (non-hydrogen) atoms. The van der Waals surface area contributed by atoms with Crippen LogP contribution in [0.1, 0.15) is 11.1 Å². The molecule has 2 aromatic rings. The first-order chi connectivity index (χ1) is 9.72. The van der Waals surface area contributed by atoms with Crippen LogP contribution in [0.25, 0.3) is 0 Å². The normalized spacial score (nSPS) is 10.6. The molecule has 0 amide bonds. The average Bonchev–Trinajstić information content (AvgIpc) is 2.86. The Kier molecular flexibility index (Phi) is 5.01. The van der Waals surface area contributed by atoms with Gasteiger partial charge < -0.3 is 14.8 Å². The highest BCUT2D eigenvalue weighted by Crippen LogP contribution is 2.25. The summed E-state index contributed by atoms with van der Waals surface area (Å²) < 4.78 is 12.9. The van der Waals surface area contributed by atoms with Crippen LogP contribution in [-0.2, 0) is 20.0 Å². The molecule has 1 heterocycles. The molecule has 1 aromatic heterocycles. The smallest absolute Gasteiger partial charge is 0.127 e. The van der Waals surface area contributed by atoms with Crippen LogP contribution >= 0.6 is 0 Å². The summed E-state index contributed by atoms with van der Waals surface area (Å²) in [7, 11) is 5.49. The van der Waals surface area contributed by atoms with Gasteiger partial charge in [-0.3, -0.25) is 4.68 Å². The lowest BCUT2D eigenvalue weighted by molar-refractivity contribution is 0.315. The fourth-order valence-corrected chi connectivity index (χ4v) is 2.01. The molecule has 0 saturated carbocycles. The van der Waals surface area contributed by atoms with Crippen molar-refractivity contribution in [3.63, 3.8) is 0 Å². The zero-order chi connectivity index (χ0) is 14.4. The van der Waals surface area contributed by atoms with Gasteiger partial charge in [0.25, 0.3) is 0 Å². The quantitative estimate of drug-likeness (QED) is 0.836. The number of hydrogen-bond donors (Lipinski definition) is 1. The number of aromatic nitrogens is 2. The minimum Gasteiger partial charge on any atom is -0.497 e. The third-order valence-electron chi connectivity index (χ3n) is 3.05. The van der Waals surface area contributed by atoms with Crippen LogP contribution in [0.3, 0.4) is 0 Å². The van der Waals surface area contributed by atoms with E-state index >= 15 is 0 Å². The van der Waals surface area contributed by atoms with E-state index in [1.807, 2.05) is 44.7 Å². The molecule has 0 aliphatic rings. The summed E-state index contributed by atoms with van der Waals surface area (Å²) in [5.41, 5.74) is 2.30. The first-order valence-electron chi connectivity index (χ1n) is 6.64. The third kappa shape index (κ3) is 3.74. The second kappa shape index (κ2) is 6.96. The summed E-state index contributed by atoms with van der Waals surface area (Å²) >= 11 is 0. The van der Waals surface area contributed by atoms with E-state index in [0.717, 1.165) is 30.0 Å². The zero-order valence-corrected chi connectivity index (χ0v) is 12.2. The minimum atomic E-state index is 0.621. The Morgan fingerprint density at radius 3 is 2.85 bits per heavy atom. The van der Waals surface area contributed by atoms with E-state index in [9.17, 15) is 0 Å². The van der Waals surface area contributed by atoms with Gasteiger partial charge in [0.15, 0.2) is 0 Å². The van der Waals surface area contributed by atoms with Crippen LogP contribution in [0.4, 0.5) is 0 Å². The highest BCUT2D eigenvalue weighted by Gasteiger charge is 2.06. The van der Waals surface area contributed by atoms with E-state index in [1.165, 1.54) is 5.56 Å². The highest BCUT2D eigenvalue weighted by atomic mass is 16.5. The van der Waals surface area contributed by atoms with Gasteiger partial charge in [0.1, 0.15) is 11.5 Å². The highest BCUT2D eigenvalue weighted by molar-refractivity contribution is 5.40. The van der Waals surface area contributed by atoms with Crippen LogP contribution in [0.5, 0.6) is 11.5 Å². The van der Waals surface area contributed by atoms with Crippen molar-refractivity contribution < 1.29 is 9.47 Å². The van der Waals surface area contributed by atoms with Crippen molar-refractivity contribution >= 4 is 0 Å². The van der Waals surface area contributed by atoms with Gasteiger partial charge in [-0.2, -0.15) is 5.10 Å². The van der Waals surface area contributed by atoms with Crippen molar-refractivity contribution in [2.24, 2.45) is 7.05 Å². The largest absolute Gasteiger partial charge is 0.497 e. The number of hydrogen-bond acceptors (Lipinski definition) is 4. The molecule has 0 saturated heterocycles. The topological polar surface area (TPSA) is 48.3 Å². The number of nitrogens with zero attached hydrogens (tertiary/aromatic N) is 2. The first kappa shape index (κ1) is 14.4. The Labute approximate surface area is 119 Å². The molecule has 5 nitrogen and oxygen atoms in total. The van der Waals surface area contributed by atoms with Crippen molar-refractivity contribution in [2.45, 2.75) is 13.0 Å².